The summed E-state index contributed by atoms with van der Waals surface area (Å²) in [6.07, 6.45) is 3.19. The first-order chi connectivity index (χ1) is 11.2. The maximum Gasteiger partial charge on any atom is 0.246 e. The van der Waals surface area contributed by atoms with Gasteiger partial charge < -0.3 is 21.1 Å². The number of rotatable bonds is 6. The standard InChI is InChI=1S/C16H19N5O2/c1-23-11-12-5-2-3-7-14(12)21-16(17)19-10-15(22)20-13-6-4-8-18-9-13/h2-9H,10-11H2,1H3,(H,20,22)(H3,17,19,21). The highest BCUT2D eigenvalue weighted by molar-refractivity contribution is 5.97. The second-order valence-electron chi connectivity index (χ2n) is 4.71. The number of aromatic nitrogens is 1. The molecule has 2 aromatic rings. The summed E-state index contributed by atoms with van der Waals surface area (Å²) in [6, 6.07) is 11.1. The summed E-state index contributed by atoms with van der Waals surface area (Å²) >= 11 is 0. The molecule has 1 aromatic heterocycles. The highest BCUT2D eigenvalue weighted by Gasteiger charge is 2.04. The molecule has 23 heavy (non-hydrogen) atoms. The maximum atomic E-state index is 11.8. The summed E-state index contributed by atoms with van der Waals surface area (Å²) in [5.41, 5.74) is 8.18. The van der Waals surface area contributed by atoms with Crippen molar-refractivity contribution in [2.45, 2.75) is 6.61 Å². The maximum absolute atomic E-state index is 11.8. The lowest BCUT2D eigenvalue weighted by Crippen LogP contribution is -2.26. The van der Waals surface area contributed by atoms with E-state index in [-0.39, 0.29) is 18.4 Å². The van der Waals surface area contributed by atoms with E-state index < -0.39 is 0 Å². The molecule has 0 bridgehead atoms. The monoisotopic (exact) mass is 313 g/mol. The lowest BCUT2D eigenvalue weighted by atomic mass is 10.2. The van der Waals surface area contributed by atoms with Crippen molar-refractivity contribution in [2.75, 3.05) is 24.3 Å². The average Bonchev–Trinajstić information content (AvgIpc) is 2.56. The first-order valence-electron chi connectivity index (χ1n) is 7.02. The van der Waals surface area contributed by atoms with Gasteiger partial charge in [0.25, 0.3) is 0 Å². The van der Waals surface area contributed by atoms with E-state index in [2.05, 4.69) is 20.6 Å². The lowest BCUT2D eigenvalue weighted by Gasteiger charge is -2.10. The number of benzene rings is 1. The summed E-state index contributed by atoms with van der Waals surface area (Å²) < 4.78 is 5.12. The quantitative estimate of drug-likeness (QED) is 0.555. The van der Waals surface area contributed by atoms with Crippen LogP contribution in [0.15, 0.2) is 53.8 Å². The minimum atomic E-state index is -0.270. The highest BCUT2D eigenvalue weighted by atomic mass is 16.5. The number of methoxy groups -OCH3 is 1. The molecule has 7 nitrogen and oxygen atoms in total. The van der Waals surface area contributed by atoms with E-state index in [1.165, 1.54) is 0 Å². The SMILES string of the molecule is COCc1ccccc1NC(N)=NCC(=O)Nc1cccnc1. The number of aliphatic imine (C=N–C) groups is 1. The van der Waals surface area contributed by atoms with Crippen molar-refractivity contribution in [3.8, 4) is 0 Å². The summed E-state index contributed by atoms with van der Waals surface area (Å²) in [4.78, 5) is 19.7. The topological polar surface area (TPSA) is 102 Å². The average molecular weight is 313 g/mol. The van der Waals surface area contributed by atoms with E-state index in [1.54, 1.807) is 31.6 Å². The number of carbonyl (C=O) groups is 1. The Hall–Kier alpha value is -2.93. The fraction of sp³-hybridized carbons (Fsp3) is 0.188. The van der Waals surface area contributed by atoms with Crippen molar-refractivity contribution >= 4 is 23.2 Å². The van der Waals surface area contributed by atoms with Crippen LogP contribution in [0.25, 0.3) is 0 Å². The van der Waals surface area contributed by atoms with Gasteiger partial charge in [0, 0.05) is 24.6 Å². The molecule has 0 saturated carbocycles. The molecule has 1 aromatic carbocycles. The third-order valence-electron chi connectivity index (χ3n) is 2.92. The van der Waals surface area contributed by atoms with Gasteiger partial charge in [0.2, 0.25) is 5.91 Å². The van der Waals surface area contributed by atoms with Crippen molar-refractivity contribution in [3.05, 3.63) is 54.4 Å². The summed E-state index contributed by atoms with van der Waals surface area (Å²) in [5, 5.41) is 5.65. The number of amides is 1. The molecule has 0 spiro atoms. The normalized spacial score (nSPS) is 11.1. The number of nitrogens with zero attached hydrogens (tertiary/aromatic N) is 2. The van der Waals surface area contributed by atoms with Crippen molar-refractivity contribution in [1.82, 2.24) is 4.98 Å². The third kappa shape index (κ3) is 5.40. The number of guanidine groups is 1. The molecule has 1 amide bonds. The van der Waals surface area contributed by atoms with Gasteiger partial charge in [-0.05, 0) is 18.2 Å². The van der Waals surface area contributed by atoms with E-state index in [0.717, 1.165) is 11.3 Å². The van der Waals surface area contributed by atoms with Crippen molar-refractivity contribution < 1.29 is 9.53 Å². The van der Waals surface area contributed by atoms with Gasteiger partial charge in [0.05, 0.1) is 18.5 Å². The lowest BCUT2D eigenvalue weighted by molar-refractivity contribution is -0.114. The Bertz CT molecular complexity index is 673. The van der Waals surface area contributed by atoms with Crippen molar-refractivity contribution in [2.24, 2.45) is 10.7 Å². The van der Waals surface area contributed by atoms with Crippen LogP contribution in [0.2, 0.25) is 0 Å². The Morgan fingerprint density at radius 2 is 2.09 bits per heavy atom. The van der Waals surface area contributed by atoms with Crippen LogP contribution < -0.4 is 16.4 Å². The Balaban J connectivity index is 1.91. The van der Waals surface area contributed by atoms with Crippen LogP contribution in [-0.2, 0) is 16.1 Å². The van der Waals surface area contributed by atoms with Gasteiger partial charge in [0.15, 0.2) is 5.96 Å². The molecule has 120 valence electrons. The molecule has 0 aliphatic heterocycles. The Morgan fingerprint density at radius 1 is 1.26 bits per heavy atom. The van der Waals surface area contributed by atoms with Gasteiger partial charge in [0.1, 0.15) is 6.54 Å². The smallest absolute Gasteiger partial charge is 0.246 e. The highest BCUT2D eigenvalue weighted by Crippen LogP contribution is 2.15. The molecule has 0 radical (unpaired) electrons. The van der Waals surface area contributed by atoms with Gasteiger partial charge in [-0.2, -0.15) is 0 Å². The van der Waals surface area contributed by atoms with Gasteiger partial charge in [-0.1, -0.05) is 18.2 Å². The number of nitrogens with two attached hydrogens (primary N) is 1. The number of ether oxygens (including phenoxy) is 1. The van der Waals surface area contributed by atoms with E-state index in [0.29, 0.717) is 12.3 Å². The Kier molecular flexibility index (Phi) is 6.07. The molecule has 0 saturated heterocycles. The van der Waals surface area contributed by atoms with E-state index >= 15 is 0 Å². The number of hydrogen-bond acceptors (Lipinski definition) is 4. The molecular weight excluding hydrogens is 294 g/mol. The third-order valence-corrected chi connectivity index (χ3v) is 2.92. The van der Waals surface area contributed by atoms with E-state index in [1.807, 2.05) is 24.3 Å². The fourth-order valence-corrected chi connectivity index (χ4v) is 1.90. The van der Waals surface area contributed by atoms with Gasteiger partial charge >= 0.3 is 0 Å². The molecule has 2 rings (SSSR count). The van der Waals surface area contributed by atoms with Crippen LogP contribution in [-0.4, -0.2) is 30.5 Å². The largest absolute Gasteiger partial charge is 0.380 e. The molecule has 0 aliphatic carbocycles. The van der Waals surface area contributed by atoms with Gasteiger partial charge in [-0.25, -0.2) is 4.99 Å². The van der Waals surface area contributed by atoms with Gasteiger partial charge in [-0.3, -0.25) is 9.78 Å². The van der Waals surface area contributed by atoms with E-state index in [9.17, 15) is 4.79 Å². The van der Waals surface area contributed by atoms with Crippen LogP contribution in [0.5, 0.6) is 0 Å². The number of carbonyl (C=O) groups excluding carboxylic acids is 1. The number of pyridine rings is 1. The number of nitrogens with one attached hydrogen (secondary N) is 2. The van der Waals surface area contributed by atoms with Crippen LogP contribution in [0, 0.1) is 0 Å². The minimum Gasteiger partial charge on any atom is -0.380 e. The zero-order chi connectivity index (χ0) is 16.5. The molecule has 0 atom stereocenters. The zero-order valence-corrected chi connectivity index (χ0v) is 12.8. The van der Waals surface area contributed by atoms with Crippen molar-refractivity contribution in [3.63, 3.8) is 0 Å². The molecule has 4 N–H and O–H groups in total. The summed E-state index contributed by atoms with van der Waals surface area (Å²) in [5.74, 6) is -0.109. The van der Waals surface area contributed by atoms with Crippen LogP contribution in [0.4, 0.5) is 11.4 Å². The first kappa shape index (κ1) is 16.4. The Labute approximate surface area is 134 Å². The summed E-state index contributed by atoms with van der Waals surface area (Å²) in [6.45, 7) is 0.373. The zero-order valence-electron chi connectivity index (χ0n) is 12.8. The first-order valence-corrected chi connectivity index (χ1v) is 7.02. The summed E-state index contributed by atoms with van der Waals surface area (Å²) in [7, 11) is 1.62. The van der Waals surface area contributed by atoms with Gasteiger partial charge in [-0.15, -0.1) is 0 Å². The van der Waals surface area contributed by atoms with Crippen LogP contribution >= 0.6 is 0 Å². The van der Waals surface area contributed by atoms with Crippen molar-refractivity contribution in [1.29, 1.82) is 0 Å². The molecular formula is C16H19N5O2. The van der Waals surface area contributed by atoms with Crippen LogP contribution in [0.3, 0.4) is 0 Å². The van der Waals surface area contributed by atoms with E-state index in [4.69, 9.17) is 10.5 Å². The predicted molar refractivity (Wildman–Crippen MR) is 90.1 cm³/mol. The number of para-hydroxylation sites is 1. The molecule has 1 heterocycles. The second kappa shape index (κ2) is 8.50. The predicted octanol–water partition coefficient (Wildman–Crippen LogP) is 1.59. The molecule has 0 unspecified atom stereocenters. The molecule has 0 aliphatic rings. The number of hydrogen-bond donors (Lipinski definition) is 3. The van der Waals surface area contributed by atoms with Crippen LogP contribution in [0.1, 0.15) is 5.56 Å². The molecule has 7 heteroatoms. The molecule has 0 fully saturated rings. The Morgan fingerprint density at radius 3 is 2.83 bits per heavy atom. The minimum absolute atomic E-state index is 0.0832. The number of anilines is 2. The fourth-order valence-electron chi connectivity index (χ4n) is 1.90. The second-order valence-corrected chi connectivity index (χ2v) is 4.71.